The second-order valence-corrected chi connectivity index (χ2v) is 8.54. The number of urea groups is 1. The fraction of sp³-hybridized carbons (Fsp3) is 0.650. The van der Waals surface area contributed by atoms with Gasteiger partial charge in [-0.05, 0) is 44.0 Å². The molecular formula is C20H29N5O2. The topological polar surface area (TPSA) is 68.8 Å². The van der Waals surface area contributed by atoms with E-state index in [2.05, 4.69) is 21.3 Å². The molecule has 0 aromatic carbocycles. The zero-order valence-electron chi connectivity index (χ0n) is 16.3. The van der Waals surface area contributed by atoms with Crippen LogP contribution >= 0.6 is 0 Å². The summed E-state index contributed by atoms with van der Waals surface area (Å²) < 4.78 is 0. The van der Waals surface area contributed by atoms with E-state index in [1.54, 1.807) is 25.2 Å². The van der Waals surface area contributed by atoms with Crippen LogP contribution in [0.5, 0.6) is 0 Å². The molecule has 146 valence electrons. The predicted molar refractivity (Wildman–Crippen MR) is 102 cm³/mol. The molecule has 0 radical (unpaired) electrons. The average Bonchev–Trinajstić information content (AvgIpc) is 3.19. The number of nitrogens with one attached hydrogen (secondary N) is 1. The van der Waals surface area contributed by atoms with Gasteiger partial charge in [-0.25, -0.2) is 4.79 Å². The zero-order valence-corrected chi connectivity index (χ0v) is 16.3. The standard InChI is InChI=1S/C20H29N5O2/c1-23(2)18(27)25-14-19(20(15-25)5-9-22-17(20)26)6-10-24(11-7-19)13-16-4-3-8-21-12-16/h3-4,8,12H,5-7,9-11,13-15H2,1-2H3,(H,22,26)/t20-/m0/s1. The van der Waals surface area contributed by atoms with Crippen molar-refractivity contribution in [2.75, 3.05) is 46.8 Å². The number of piperidine rings is 1. The van der Waals surface area contributed by atoms with Gasteiger partial charge in [0.15, 0.2) is 0 Å². The molecule has 4 rings (SSSR count). The summed E-state index contributed by atoms with van der Waals surface area (Å²) in [5, 5.41) is 3.05. The van der Waals surface area contributed by atoms with Crippen LogP contribution in [0.25, 0.3) is 0 Å². The first-order valence-corrected chi connectivity index (χ1v) is 9.82. The number of amides is 3. The van der Waals surface area contributed by atoms with Gasteiger partial charge in [-0.1, -0.05) is 6.07 Å². The Labute approximate surface area is 160 Å². The molecule has 1 N–H and O–H groups in total. The van der Waals surface area contributed by atoms with Crippen molar-refractivity contribution >= 4 is 11.9 Å². The first-order chi connectivity index (χ1) is 13.0. The van der Waals surface area contributed by atoms with Gasteiger partial charge in [-0.15, -0.1) is 0 Å². The van der Waals surface area contributed by atoms with E-state index in [4.69, 9.17) is 0 Å². The minimum Gasteiger partial charge on any atom is -0.356 e. The van der Waals surface area contributed by atoms with Gasteiger partial charge in [-0.2, -0.15) is 0 Å². The summed E-state index contributed by atoms with van der Waals surface area (Å²) in [6.07, 6.45) is 6.47. The fourth-order valence-electron chi connectivity index (χ4n) is 5.34. The van der Waals surface area contributed by atoms with Crippen molar-refractivity contribution in [1.29, 1.82) is 0 Å². The van der Waals surface area contributed by atoms with Crippen LogP contribution in [-0.2, 0) is 11.3 Å². The van der Waals surface area contributed by atoms with Crippen LogP contribution in [0.4, 0.5) is 4.79 Å². The average molecular weight is 371 g/mol. The van der Waals surface area contributed by atoms with Crippen LogP contribution in [-0.4, -0.2) is 78.4 Å². The highest BCUT2D eigenvalue weighted by molar-refractivity contribution is 5.88. The van der Waals surface area contributed by atoms with Gasteiger partial charge < -0.3 is 15.1 Å². The van der Waals surface area contributed by atoms with E-state index in [0.717, 1.165) is 45.4 Å². The maximum absolute atomic E-state index is 12.9. The zero-order chi connectivity index (χ0) is 19.1. The van der Waals surface area contributed by atoms with Crippen molar-refractivity contribution in [3.8, 4) is 0 Å². The lowest BCUT2D eigenvalue weighted by molar-refractivity contribution is -0.134. The number of carbonyl (C=O) groups is 2. The summed E-state index contributed by atoms with van der Waals surface area (Å²) in [4.78, 5) is 35.7. The first kappa shape index (κ1) is 18.2. The van der Waals surface area contributed by atoms with Crippen LogP contribution in [0.2, 0.25) is 0 Å². The Hall–Kier alpha value is -2.15. The number of pyridine rings is 1. The Balaban J connectivity index is 1.52. The number of likely N-dealkylation sites (tertiary alicyclic amines) is 2. The quantitative estimate of drug-likeness (QED) is 0.847. The SMILES string of the molecule is CN(C)C(=O)N1CC2(CCN(Cc3cccnc3)CC2)[C@@]2(CCNC2=O)C1. The first-order valence-electron chi connectivity index (χ1n) is 9.82. The number of hydrogen-bond acceptors (Lipinski definition) is 4. The molecule has 0 aliphatic carbocycles. The normalized spacial score (nSPS) is 27.3. The molecule has 27 heavy (non-hydrogen) atoms. The third kappa shape index (κ3) is 2.98. The lowest BCUT2D eigenvalue weighted by Gasteiger charge is -2.46. The largest absolute Gasteiger partial charge is 0.356 e. The number of nitrogens with zero attached hydrogens (tertiary/aromatic N) is 4. The molecule has 1 atom stereocenters. The highest BCUT2D eigenvalue weighted by atomic mass is 16.2. The van der Waals surface area contributed by atoms with Crippen molar-refractivity contribution in [1.82, 2.24) is 25.0 Å². The van der Waals surface area contributed by atoms with E-state index < -0.39 is 5.41 Å². The number of hydrogen-bond donors (Lipinski definition) is 1. The lowest BCUT2D eigenvalue weighted by Crippen LogP contribution is -2.52. The van der Waals surface area contributed by atoms with Crippen molar-refractivity contribution in [3.63, 3.8) is 0 Å². The fourth-order valence-corrected chi connectivity index (χ4v) is 5.34. The molecule has 3 aliphatic rings. The summed E-state index contributed by atoms with van der Waals surface area (Å²) in [7, 11) is 3.57. The molecule has 3 fully saturated rings. The van der Waals surface area contributed by atoms with Crippen LogP contribution in [0.15, 0.2) is 24.5 Å². The molecule has 4 heterocycles. The maximum Gasteiger partial charge on any atom is 0.319 e. The summed E-state index contributed by atoms with van der Waals surface area (Å²) in [6.45, 7) is 4.77. The molecule has 3 saturated heterocycles. The van der Waals surface area contributed by atoms with Crippen LogP contribution in [0.3, 0.4) is 0 Å². The molecule has 0 bridgehead atoms. The van der Waals surface area contributed by atoms with E-state index in [1.165, 1.54) is 5.56 Å². The van der Waals surface area contributed by atoms with Gasteiger partial charge in [0.2, 0.25) is 5.91 Å². The molecule has 0 saturated carbocycles. The van der Waals surface area contributed by atoms with E-state index in [-0.39, 0.29) is 17.4 Å². The summed E-state index contributed by atoms with van der Waals surface area (Å²) >= 11 is 0. The van der Waals surface area contributed by atoms with Crippen LogP contribution in [0.1, 0.15) is 24.8 Å². The molecule has 7 nitrogen and oxygen atoms in total. The Morgan fingerprint density at radius 3 is 2.63 bits per heavy atom. The molecule has 0 unspecified atom stereocenters. The third-order valence-corrected chi connectivity index (χ3v) is 6.84. The van der Waals surface area contributed by atoms with Gasteiger partial charge in [0, 0.05) is 58.1 Å². The second-order valence-electron chi connectivity index (χ2n) is 8.54. The number of fused-ring (bicyclic) bond motifs is 1. The van der Waals surface area contributed by atoms with Crippen LogP contribution < -0.4 is 5.32 Å². The van der Waals surface area contributed by atoms with Crippen molar-refractivity contribution < 1.29 is 9.59 Å². The second kappa shape index (κ2) is 6.78. The number of rotatable bonds is 2. The van der Waals surface area contributed by atoms with E-state index >= 15 is 0 Å². The lowest BCUT2D eigenvalue weighted by atomic mass is 9.60. The summed E-state index contributed by atoms with van der Waals surface area (Å²) in [6, 6.07) is 4.10. The molecule has 3 aliphatic heterocycles. The van der Waals surface area contributed by atoms with Gasteiger partial charge in [0.1, 0.15) is 0 Å². The Bertz CT molecular complexity index is 714. The Morgan fingerprint density at radius 1 is 1.26 bits per heavy atom. The van der Waals surface area contributed by atoms with Crippen LogP contribution in [0, 0.1) is 10.8 Å². The monoisotopic (exact) mass is 371 g/mol. The highest BCUT2D eigenvalue weighted by Gasteiger charge is 2.64. The Kier molecular flexibility index (Phi) is 4.58. The highest BCUT2D eigenvalue weighted by Crippen LogP contribution is 2.56. The molecule has 2 spiro atoms. The Morgan fingerprint density at radius 2 is 2.04 bits per heavy atom. The molecule has 1 aromatic heterocycles. The molecule has 3 amide bonds. The maximum atomic E-state index is 12.9. The van der Waals surface area contributed by atoms with Crippen molar-refractivity contribution in [2.45, 2.75) is 25.8 Å². The van der Waals surface area contributed by atoms with Crippen molar-refractivity contribution in [2.24, 2.45) is 10.8 Å². The minimum absolute atomic E-state index is 0.0174. The number of aromatic nitrogens is 1. The minimum atomic E-state index is -0.418. The van der Waals surface area contributed by atoms with E-state index in [9.17, 15) is 9.59 Å². The van der Waals surface area contributed by atoms with Gasteiger partial charge in [-0.3, -0.25) is 14.7 Å². The van der Waals surface area contributed by atoms with E-state index in [0.29, 0.717) is 13.1 Å². The summed E-state index contributed by atoms with van der Waals surface area (Å²) in [5.74, 6) is 0.150. The predicted octanol–water partition coefficient (Wildman–Crippen LogP) is 1.17. The van der Waals surface area contributed by atoms with Gasteiger partial charge >= 0.3 is 6.03 Å². The van der Waals surface area contributed by atoms with Gasteiger partial charge in [0.05, 0.1) is 5.41 Å². The third-order valence-electron chi connectivity index (χ3n) is 6.84. The van der Waals surface area contributed by atoms with E-state index in [1.807, 2.05) is 17.2 Å². The summed E-state index contributed by atoms with van der Waals surface area (Å²) in [5.41, 5.74) is 0.696. The molecule has 7 heteroatoms. The molecule has 1 aromatic rings. The smallest absolute Gasteiger partial charge is 0.319 e. The number of carbonyl (C=O) groups excluding carboxylic acids is 2. The van der Waals surface area contributed by atoms with Crippen molar-refractivity contribution in [3.05, 3.63) is 30.1 Å². The van der Waals surface area contributed by atoms with Gasteiger partial charge in [0.25, 0.3) is 0 Å². The molecular weight excluding hydrogens is 342 g/mol.